The molecule has 0 bridgehead atoms. The third-order valence-electron chi connectivity index (χ3n) is 1.96. The number of piperidine rings is 1. The van der Waals surface area contributed by atoms with E-state index in [0.717, 1.165) is 25.7 Å². The van der Waals surface area contributed by atoms with Crippen molar-refractivity contribution in [2.75, 3.05) is 26.3 Å². The average Bonchev–Trinajstić information content (AvgIpc) is 2.03. The maximum absolute atomic E-state index is 5.33. The first kappa shape index (κ1) is 8.02. The summed E-state index contributed by atoms with van der Waals surface area (Å²) < 4.78 is 5.33. The van der Waals surface area contributed by atoms with Crippen molar-refractivity contribution in [3.63, 3.8) is 0 Å². The van der Waals surface area contributed by atoms with Gasteiger partial charge in [-0.1, -0.05) is 0 Å². The highest BCUT2D eigenvalue weighted by molar-refractivity contribution is 4.67. The molecular formula is C8H17NO. The Labute approximate surface area is 63.0 Å². The van der Waals surface area contributed by atoms with Gasteiger partial charge in [-0.05, 0) is 32.2 Å². The van der Waals surface area contributed by atoms with Crippen molar-refractivity contribution in [3.8, 4) is 0 Å². The van der Waals surface area contributed by atoms with E-state index < -0.39 is 0 Å². The van der Waals surface area contributed by atoms with Crippen molar-refractivity contribution >= 4 is 0 Å². The average molecular weight is 143 g/mol. The molecule has 0 aromatic carbocycles. The van der Waals surface area contributed by atoms with E-state index in [-0.39, 0.29) is 0 Å². The number of hydrogen-bond acceptors (Lipinski definition) is 2. The van der Waals surface area contributed by atoms with Gasteiger partial charge in [0, 0.05) is 13.2 Å². The Kier molecular flexibility index (Phi) is 3.76. The van der Waals surface area contributed by atoms with E-state index in [4.69, 9.17) is 4.74 Å². The van der Waals surface area contributed by atoms with Crippen LogP contribution >= 0.6 is 0 Å². The molecule has 60 valence electrons. The molecular weight excluding hydrogens is 126 g/mol. The van der Waals surface area contributed by atoms with Crippen molar-refractivity contribution in [1.82, 2.24) is 5.32 Å². The standard InChI is InChI=1S/C8H17NO/c1-2-10-7-8-4-3-5-9-6-8/h8-9H,2-7H2,1H3. The Balaban J connectivity index is 2.02. The zero-order chi connectivity index (χ0) is 7.23. The number of hydrogen-bond donors (Lipinski definition) is 1. The number of ether oxygens (including phenoxy) is 1. The Morgan fingerprint density at radius 1 is 1.60 bits per heavy atom. The summed E-state index contributed by atoms with van der Waals surface area (Å²) in [5, 5.41) is 3.36. The summed E-state index contributed by atoms with van der Waals surface area (Å²) >= 11 is 0. The second kappa shape index (κ2) is 4.69. The quantitative estimate of drug-likeness (QED) is 0.637. The third-order valence-corrected chi connectivity index (χ3v) is 1.96. The zero-order valence-corrected chi connectivity index (χ0v) is 6.73. The van der Waals surface area contributed by atoms with E-state index >= 15 is 0 Å². The minimum atomic E-state index is 0.772. The minimum Gasteiger partial charge on any atom is -0.381 e. The Morgan fingerprint density at radius 3 is 3.10 bits per heavy atom. The maximum Gasteiger partial charge on any atom is 0.0506 e. The second-order valence-electron chi connectivity index (χ2n) is 2.87. The van der Waals surface area contributed by atoms with Gasteiger partial charge in [0.25, 0.3) is 0 Å². The van der Waals surface area contributed by atoms with Crippen molar-refractivity contribution in [3.05, 3.63) is 0 Å². The van der Waals surface area contributed by atoms with Gasteiger partial charge >= 0.3 is 0 Å². The molecule has 1 heterocycles. The first-order valence-electron chi connectivity index (χ1n) is 4.22. The zero-order valence-electron chi connectivity index (χ0n) is 6.73. The van der Waals surface area contributed by atoms with Crippen molar-refractivity contribution < 1.29 is 4.74 Å². The van der Waals surface area contributed by atoms with Crippen molar-refractivity contribution in [2.24, 2.45) is 5.92 Å². The largest absolute Gasteiger partial charge is 0.381 e. The van der Waals surface area contributed by atoms with Gasteiger partial charge in [0.15, 0.2) is 0 Å². The molecule has 1 aliphatic rings. The van der Waals surface area contributed by atoms with Crippen LogP contribution in [-0.2, 0) is 4.74 Å². The van der Waals surface area contributed by atoms with E-state index in [2.05, 4.69) is 12.2 Å². The summed E-state index contributed by atoms with van der Waals surface area (Å²) in [6.07, 6.45) is 2.66. The van der Waals surface area contributed by atoms with Gasteiger partial charge in [0.2, 0.25) is 0 Å². The fourth-order valence-electron chi connectivity index (χ4n) is 1.35. The molecule has 1 atom stereocenters. The van der Waals surface area contributed by atoms with Crippen LogP contribution in [0.5, 0.6) is 0 Å². The van der Waals surface area contributed by atoms with E-state index in [1.807, 2.05) is 0 Å². The second-order valence-corrected chi connectivity index (χ2v) is 2.87. The van der Waals surface area contributed by atoms with Crippen LogP contribution in [0.3, 0.4) is 0 Å². The van der Waals surface area contributed by atoms with Crippen molar-refractivity contribution in [2.45, 2.75) is 19.8 Å². The molecule has 2 heteroatoms. The fourth-order valence-corrected chi connectivity index (χ4v) is 1.35. The van der Waals surface area contributed by atoms with Crippen LogP contribution in [0.1, 0.15) is 19.8 Å². The molecule has 0 aromatic heterocycles. The lowest BCUT2D eigenvalue weighted by atomic mass is 10.0. The number of rotatable bonds is 3. The Hall–Kier alpha value is -0.0800. The molecule has 0 radical (unpaired) electrons. The van der Waals surface area contributed by atoms with Gasteiger partial charge in [-0.3, -0.25) is 0 Å². The highest BCUT2D eigenvalue weighted by Gasteiger charge is 2.11. The van der Waals surface area contributed by atoms with Gasteiger partial charge in [-0.2, -0.15) is 0 Å². The van der Waals surface area contributed by atoms with E-state index in [9.17, 15) is 0 Å². The smallest absolute Gasteiger partial charge is 0.0506 e. The summed E-state index contributed by atoms with van der Waals surface area (Å²) in [6.45, 7) is 6.21. The molecule has 1 fully saturated rings. The summed E-state index contributed by atoms with van der Waals surface area (Å²) in [5.74, 6) is 0.772. The highest BCUT2D eigenvalue weighted by Crippen LogP contribution is 2.09. The van der Waals surface area contributed by atoms with Crippen LogP contribution < -0.4 is 5.32 Å². The molecule has 2 nitrogen and oxygen atoms in total. The lowest BCUT2D eigenvalue weighted by Crippen LogP contribution is -2.32. The predicted molar refractivity (Wildman–Crippen MR) is 42.1 cm³/mol. The minimum absolute atomic E-state index is 0.772. The molecule has 0 aliphatic carbocycles. The Morgan fingerprint density at radius 2 is 2.50 bits per heavy atom. The van der Waals surface area contributed by atoms with Crippen LogP contribution in [0.4, 0.5) is 0 Å². The van der Waals surface area contributed by atoms with Crippen LogP contribution in [0.2, 0.25) is 0 Å². The monoisotopic (exact) mass is 143 g/mol. The third kappa shape index (κ3) is 2.67. The van der Waals surface area contributed by atoms with E-state index in [1.54, 1.807) is 0 Å². The summed E-state index contributed by atoms with van der Waals surface area (Å²) in [7, 11) is 0. The molecule has 1 saturated heterocycles. The van der Waals surface area contributed by atoms with Gasteiger partial charge in [0.1, 0.15) is 0 Å². The van der Waals surface area contributed by atoms with Crippen LogP contribution in [0.25, 0.3) is 0 Å². The van der Waals surface area contributed by atoms with Crippen molar-refractivity contribution in [1.29, 1.82) is 0 Å². The molecule has 0 aromatic rings. The summed E-state index contributed by atoms with van der Waals surface area (Å²) in [5.41, 5.74) is 0. The van der Waals surface area contributed by atoms with Crippen LogP contribution in [0.15, 0.2) is 0 Å². The Bertz CT molecular complexity index is 79.3. The highest BCUT2D eigenvalue weighted by atomic mass is 16.5. The van der Waals surface area contributed by atoms with Gasteiger partial charge in [-0.15, -0.1) is 0 Å². The van der Waals surface area contributed by atoms with Crippen LogP contribution in [0, 0.1) is 5.92 Å². The fraction of sp³-hybridized carbons (Fsp3) is 1.00. The molecule has 0 saturated carbocycles. The normalized spacial score (nSPS) is 26.7. The first-order valence-corrected chi connectivity index (χ1v) is 4.22. The van der Waals surface area contributed by atoms with Gasteiger partial charge < -0.3 is 10.1 Å². The predicted octanol–water partition coefficient (Wildman–Crippen LogP) is 1.02. The van der Waals surface area contributed by atoms with Crippen LogP contribution in [-0.4, -0.2) is 26.3 Å². The molecule has 1 N–H and O–H groups in total. The van der Waals surface area contributed by atoms with Gasteiger partial charge in [-0.25, -0.2) is 0 Å². The molecule has 1 aliphatic heterocycles. The molecule has 1 rings (SSSR count). The molecule has 0 spiro atoms. The maximum atomic E-state index is 5.33. The van der Waals surface area contributed by atoms with Gasteiger partial charge in [0.05, 0.1) is 6.61 Å². The molecule has 1 unspecified atom stereocenters. The summed E-state index contributed by atoms with van der Waals surface area (Å²) in [6, 6.07) is 0. The van der Waals surface area contributed by atoms with E-state index in [1.165, 1.54) is 19.4 Å². The lowest BCUT2D eigenvalue weighted by Gasteiger charge is -2.21. The SMILES string of the molecule is CCOCC1CCCNC1. The lowest BCUT2D eigenvalue weighted by molar-refractivity contribution is 0.0998. The number of nitrogens with one attached hydrogen (secondary N) is 1. The molecule has 10 heavy (non-hydrogen) atoms. The molecule has 0 amide bonds. The van der Waals surface area contributed by atoms with E-state index in [0.29, 0.717) is 0 Å². The topological polar surface area (TPSA) is 21.3 Å². The summed E-state index contributed by atoms with van der Waals surface area (Å²) in [4.78, 5) is 0. The first-order chi connectivity index (χ1) is 4.93.